The van der Waals surface area contributed by atoms with Crippen molar-refractivity contribution in [1.82, 2.24) is 9.80 Å². The molecule has 0 spiro atoms. The number of rotatable bonds is 2. The molecular weight excluding hydrogens is 320 g/mol. The van der Waals surface area contributed by atoms with Crippen LogP contribution in [0.2, 0.25) is 5.02 Å². The Kier molecular flexibility index (Phi) is 4.28. The fraction of sp³-hybridized carbons (Fsp3) is 0.375. The first-order valence-corrected chi connectivity index (χ1v) is 7.79. The van der Waals surface area contributed by atoms with Crippen molar-refractivity contribution >= 4 is 34.4 Å². The molecule has 1 aromatic carbocycles. The summed E-state index contributed by atoms with van der Waals surface area (Å²) in [6.07, 6.45) is -1.02. The molecule has 3 rings (SSSR count). The van der Waals surface area contributed by atoms with E-state index in [-0.39, 0.29) is 17.6 Å². The Morgan fingerprint density at radius 1 is 1.17 bits per heavy atom. The van der Waals surface area contributed by atoms with Crippen molar-refractivity contribution in [1.29, 1.82) is 0 Å². The molecule has 0 radical (unpaired) electrons. The summed E-state index contributed by atoms with van der Waals surface area (Å²) in [7, 11) is 0. The quantitative estimate of drug-likeness (QED) is 0.906. The zero-order valence-corrected chi connectivity index (χ0v) is 13.4. The maximum absolute atomic E-state index is 12.5. The SMILES string of the molecule is CC(O)C(=O)N1CCN(C(=O)c2cc3cc(Cl)ccc3o2)CC1. The van der Waals surface area contributed by atoms with Crippen LogP contribution >= 0.6 is 11.6 Å². The van der Waals surface area contributed by atoms with E-state index < -0.39 is 6.10 Å². The summed E-state index contributed by atoms with van der Waals surface area (Å²) in [5.41, 5.74) is 0.612. The number of carbonyl (C=O) groups is 2. The van der Waals surface area contributed by atoms with Gasteiger partial charge in [-0.15, -0.1) is 0 Å². The van der Waals surface area contributed by atoms with E-state index in [2.05, 4.69) is 0 Å². The monoisotopic (exact) mass is 336 g/mol. The number of piperazine rings is 1. The molecule has 0 saturated carbocycles. The average molecular weight is 337 g/mol. The summed E-state index contributed by atoms with van der Waals surface area (Å²) in [4.78, 5) is 27.5. The lowest BCUT2D eigenvalue weighted by atomic mass is 10.2. The Morgan fingerprint density at radius 2 is 1.83 bits per heavy atom. The average Bonchev–Trinajstić information content (AvgIpc) is 2.96. The predicted molar refractivity (Wildman–Crippen MR) is 85.4 cm³/mol. The molecule has 122 valence electrons. The highest BCUT2D eigenvalue weighted by molar-refractivity contribution is 6.31. The van der Waals surface area contributed by atoms with Gasteiger partial charge < -0.3 is 19.3 Å². The van der Waals surface area contributed by atoms with Crippen LogP contribution in [0.1, 0.15) is 17.5 Å². The number of furan rings is 1. The number of fused-ring (bicyclic) bond motifs is 1. The number of aliphatic hydroxyl groups is 1. The summed E-state index contributed by atoms with van der Waals surface area (Å²) in [6.45, 7) is 3.08. The van der Waals surface area contributed by atoms with Crippen LogP contribution in [-0.2, 0) is 4.79 Å². The lowest BCUT2D eigenvalue weighted by Crippen LogP contribution is -2.52. The van der Waals surface area contributed by atoms with E-state index in [1.54, 1.807) is 34.1 Å². The van der Waals surface area contributed by atoms with E-state index in [1.807, 2.05) is 0 Å². The van der Waals surface area contributed by atoms with Gasteiger partial charge in [0.25, 0.3) is 11.8 Å². The number of aliphatic hydroxyl groups excluding tert-OH is 1. The highest BCUT2D eigenvalue weighted by atomic mass is 35.5. The normalized spacial score (nSPS) is 16.7. The smallest absolute Gasteiger partial charge is 0.289 e. The minimum absolute atomic E-state index is 0.207. The van der Waals surface area contributed by atoms with Crippen LogP contribution in [0.4, 0.5) is 0 Å². The molecule has 1 unspecified atom stereocenters. The molecular formula is C16H17ClN2O4. The maximum atomic E-state index is 12.5. The second-order valence-electron chi connectivity index (χ2n) is 5.59. The van der Waals surface area contributed by atoms with Crippen LogP contribution < -0.4 is 0 Å². The topological polar surface area (TPSA) is 74.0 Å². The molecule has 2 heterocycles. The van der Waals surface area contributed by atoms with Crippen LogP contribution in [0.15, 0.2) is 28.7 Å². The molecule has 7 heteroatoms. The zero-order valence-electron chi connectivity index (χ0n) is 12.7. The van der Waals surface area contributed by atoms with E-state index in [1.165, 1.54) is 6.92 Å². The number of hydrogen-bond acceptors (Lipinski definition) is 4. The Labute approximate surface area is 138 Å². The largest absolute Gasteiger partial charge is 0.451 e. The van der Waals surface area contributed by atoms with Gasteiger partial charge in [-0.25, -0.2) is 0 Å². The summed E-state index contributed by atoms with van der Waals surface area (Å²) in [5, 5.41) is 10.7. The van der Waals surface area contributed by atoms with E-state index >= 15 is 0 Å². The van der Waals surface area contributed by atoms with Crippen molar-refractivity contribution in [2.75, 3.05) is 26.2 Å². The lowest BCUT2D eigenvalue weighted by Gasteiger charge is -2.34. The minimum Gasteiger partial charge on any atom is -0.451 e. The Hall–Kier alpha value is -2.05. The van der Waals surface area contributed by atoms with Gasteiger partial charge in [-0.2, -0.15) is 0 Å². The molecule has 1 fully saturated rings. The van der Waals surface area contributed by atoms with Crippen LogP contribution in [0, 0.1) is 0 Å². The summed E-state index contributed by atoms with van der Waals surface area (Å²) in [6, 6.07) is 6.86. The van der Waals surface area contributed by atoms with Crippen molar-refractivity contribution in [3.8, 4) is 0 Å². The Balaban J connectivity index is 1.70. The first kappa shape index (κ1) is 15.8. The standard InChI is InChI=1S/C16H17ClN2O4/c1-10(20)15(21)18-4-6-19(7-5-18)16(22)14-9-11-8-12(17)2-3-13(11)23-14/h2-3,8-10,20H,4-7H2,1H3. The number of carbonyl (C=O) groups excluding carboxylic acids is 2. The van der Waals surface area contributed by atoms with Gasteiger partial charge in [-0.3, -0.25) is 9.59 Å². The van der Waals surface area contributed by atoms with Crippen LogP contribution in [0.3, 0.4) is 0 Å². The van der Waals surface area contributed by atoms with Crippen molar-refractivity contribution in [2.45, 2.75) is 13.0 Å². The molecule has 0 bridgehead atoms. The van der Waals surface area contributed by atoms with Gasteiger partial charge in [0.1, 0.15) is 11.7 Å². The fourth-order valence-corrected chi connectivity index (χ4v) is 2.85. The molecule has 23 heavy (non-hydrogen) atoms. The fourth-order valence-electron chi connectivity index (χ4n) is 2.67. The third-order valence-corrected chi connectivity index (χ3v) is 4.16. The maximum Gasteiger partial charge on any atom is 0.289 e. The molecule has 1 aliphatic heterocycles. The van der Waals surface area contributed by atoms with Crippen LogP contribution in [0.5, 0.6) is 0 Å². The molecule has 2 aromatic rings. The van der Waals surface area contributed by atoms with Gasteiger partial charge in [0.15, 0.2) is 5.76 Å². The highest BCUT2D eigenvalue weighted by Crippen LogP contribution is 2.24. The Morgan fingerprint density at radius 3 is 2.48 bits per heavy atom. The van der Waals surface area contributed by atoms with Gasteiger partial charge in [-0.05, 0) is 31.2 Å². The van der Waals surface area contributed by atoms with Crippen LogP contribution in [-0.4, -0.2) is 59.0 Å². The first-order chi connectivity index (χ1) is 11.0. The number of amides is 2. The summed E-state index contributed by atoms with van der Waals surface area (Å²) < 4.78 is 5.58. The van der Waals surface area contributed by atoms with Gasteiger partial charge in [0.05, 0.1) is 0 Å². The van der Waals surface area contributed by atoms with Crippen LogP contribution in [0.25, 0.3) is 11.0 Å². The predicted octanol–water partition coefficient (Wildman–Crippen LogP) is 1.75. The molecule has 0 aliphatic carbocycles. The second kappa shape index (κ2) is 6.22. The Bertz CT molecular complexity index is 748. The van der Waals surface area contributed by atoms with Gasteiger partial charge in [0, 0.05) is 36.6 Å². The number of hydrogen-bond donors (Lipinski definition) is 1. The van der Waals surface area contributed by atoms with Crippen molar-refractivity contribution in [3.63, 3.8) is 0 Å². The highest BCUT2D eigenvalue weighted by Gasteiger charge is 2.28. The minimum atomic E-state index is -1.02. The number of nitrogens with zero attached hydrogens (tertiary/aromatic N) is 2. The first-order valence-electron chi connectivity index (χ1n) is 7.41. The summed E-state index contributed by atoms with van der Waals surface area (Å²) in [5.74, 6) is -0.255. The third-order valence-electron chi connectivity index (χ3n) is 3.93. The molecule has 1 saturated heterocycles. The molecule has 6 nitrogen and oxygen atoms in total. The van der Waals surface area contributed by atoms with Crippen molar-refractivity contribution < 1.29 is 19.1 Å². The second-order valence-corrected chi connectivity index (χ2v) is 6.02. The molecule has 1 aliphatic rings. The van der Waals surface area contributed by atoms with E-state index in [0.717, 1.165) is 5.39 Å². The molecule has 1 atom stereocenters. The van der Waals surface area contributed by atoms with E-state index in [0.29, 0.717) is 36.8 Å². The molecule has 1 N–H and O–H groups in total. The van der Waals surface area contributed by atoms with E-state index in [4.69, 9.17) is 16.0 Å². The molecule has 2 amide bonds. The molecule has 1 aromatic heterocycles. The van der Waals surface area contributed by atoms with Gasteiger partial charge >= 0.3 is 0 Å². The van der Waals surface area contributed by atoms with Gasteiger partial charge in [-0.1, -0.05) is 11.6 Å². The van der Waals surface area contributed by atoms with E-state index in [9.17, 15) is 14.7 Å². The number of halogens is 1. The summed E-state index contributed by atoms with van der Waals surface area (Å²) >= 11 is 5.93. The lowest BCUT2D eigenvalue weighted by molar-refractivity contribution is -0.140. The van der Waals surface area contributed by atoms with Gasteiger partial charge in [0.2, 0.25) is 0 Å². The zero-order chi connectivity index (χ0) is 16.6. The van der Waals surface area contributed by atoms with Crippen molar-refractivity contribution in [2.24, 2.45) is 0 Å². The number of benzene rings is 1. The third kappa shape index (κ3) is 3.18. The van der Waals surface area contributed by atoms with Crippen molar-refractivity contribution in [3.05, 3.63) is 35.0 Å².